The first-order chi connectivity index (χ1) is 14.0. The van der Waals surface area contributed by atoms with Gasteiger partial charge >= 0.3 is 6.09 Å². The van der Waals surface area contributed by atoms with Crippen LogP contribution in [0.5, 0.6) is 0 Å². The van der Waals surface area contributed by atoms with Crippen LogP contribution in [0.15, 0.2) is 40.9 Å². The van der Waals surface area contributed by atoms with Crippen LogP contribution in [0.1, 0.15) is 19.8 Å². The van der Waals surface area contributed by atoms with Gasteiger partial charge in [0, 0.05) is 51.4 Å². The van der Waals surface area contributed by atoms with E-state index in [1.54, 1.807) is 25.2 Å². The molecule has 0 spiro atoms. The number of piperidine rings is 1. The van der Waals surface area contributed by atoms with Crippen molar-refractivity contribution >= 4 is 33.5 Å². The molecule has 1 heterocycles. The summed E-state index contributed by atoms with van der Waals surface area (Å²) in [6, 6.07) is 4.37. The Hall–Kier alpha value is -2.10. The summed E-state index contributed by atoms with van der Waals surface area (Å²) >= 11 is 5.92. The Bertz CT molecular complexity index is 913. The number of sulfonamides is 1. The van der Waals surface area contributed by atoms with E-state index in [0.29, 0.717) is 17.0 Å². The third-order valence-corrected chi connectivity index (χ3v) is 6.93. The fourth-order valence-electron chi connectivity index (χ4n) is 3.36. The third-order valence-electron chi connectivity index (χ3n) is 4.71. The van der Waals surface area contributed by atoms with Crippen LogP contribution in [0.25, 0.3) is 0 Å². The van der Waals surface area contributed by atoms with Gasteiger partial charge in [-0.1, -0.05) is 18.5 Å². The van der Waals surface area contributed by atoms with Crippen LogP contribution in [0.3, 0.4) is 0 Å². The highest BCUT2D eigenvalue weighted by Gasteiger charge is 2.45. The molecular formula is C20H28ClN3O5S. The van der Waals surface area contributed by atoms with Crippen molar-refractivity contribution in [2.45, 2.75) is 36.7 Å². The van der Waals surface area contributed by atoms with E-state index in [-0.39, 0.29) is 23.7 Å². The summed E-state index contributed by atoms with van der Waals surface area (Å²) in [7, 11) is 2.62. The van der Waals surface area contributed by atoms with Crippen LogP contribution < -0.4 is 0 Å². The highest BCUT2D eigenvalue weighted by molar-refractivity contribution is 7.89. The molecule has 0 bridgehead atoms. The number of amides is 1. The Labute approximate surface area is 183 Å². The molecule has 2 unspecified atom stereocenters. The lowest BCUT2D eigenvalue weighted by Gasteiger charge is -2.41. The molecule has 0 radical (unpaired) electrons. The molecule has 2 rings (SSSR count). The van der Waals surface area contributed by atoms with Gasteiger partial charge in [-0.2, -0.15) is 4.31 Å². The van der Waals surface area contributed by atoms with Crippen molar-refractivity contribution in [3.63, 3.8) is 0 Å². The first-order valence-electron chi connectivity index (χ1n) is 9.53. The second-order valence-corrected chi connectivity index (χ2v) is 9.79. The molecule has 166 valence electrons. The fraction of sp³-hybridized carbons (Fsp3) is 0.500. The van der Waals surface area contributed by atoms with Crippen LogP contribution in [-0.2, 0) is 19.6 Å². The van der Waals surface area contributed by atoms with Crippen molar-refractivity contribution in [3.8, 4) is 0 Å². The smallest absolute Gasteiger partial charge is 0.409 e. The van der Waals surface area contributed by atoms with Crippen LogP contribution >= 0.6 is 11.6 Å². The highest BCUT2D eigenvalue weighted by atomic mass is 35.5. The van der Waals surface area contributed by atoms with Gasteiger partial charge in [0.2, 0.25) is 10.0 Å². The first kappa shape index (κ1) is 24.2. The molecule has 2 atom stereocenters. The lowest BCUT2D eigenvalue weighted by Crippen LogP contribution is -2.55. The van der Waals surface area contributed by atoms with Gasteiger partial charge in [0.15, 0.2) is 5.78 Å². The van der Waals surface area contributed by atoms with E-state index in [9.17, 15) is 18.0 Å². The fourth-order valence-corrected chi connectivity index (χ4v) is 5.33. The predicted molar refractivity (Wildman–Crippen MR) is 115 cm³/mol. The van der Waals surface area contributed by atoms with E-state index in [1.165, 1.54) is 47.6 Å². The molecule has 1 saturated heterocycles. The molecule has 1 aliphatic rings. The molecule has 1 amide bonds. The van der Waals surface area contributed by atoms with Gasteiger partial charge in [-0.25, -0.2) is 13.2 Å². The standard InChI is InChI=1S/C20H28ClN3O5S/c1-6-18-17(12-22(2)3)19(25)11-15(13-29-20(26)23(4)5)24(18)30(27,28)16-9-7-14(21)8-10-16/h7-10,12,15,18H,6,11,13H2,1-5H3. The Morgan fingerprint density at radius 2 is 1.83 bits per heavy atom. The molecule has 10 heteroatoms. The minimum Gasteiger partial charge on any atom is -0.448 e. The number of nitrogens with zero attached hydrogens (tertiary/aromatic N) is 3. The van der Waals surface area contributed by atoms with Crippen molar-refractivity contribution in [1.82, 2.24) is 14.1 Å². The van der Waals surface area contributed by atoms with Gasteiger partial charge in [-0.05, 0) is 30.7 Å². The summed E-state index contributed by atoms with van der Waals surface area (Å²) in [5.74, 6) is -0.163. The number of halogens is 1. The number of hydrogen-bond acceptors (Lipinski definition) is 6. The van der Waals surface area contributed by atoms with Crippen LogP contribution in [0.4, 0.5) is 4.79 Å². The molecule has 1 aromatic carbocycles. The zero-order valence-electron chi connectivity index (χ0n) is 17.8. The molecular weight excluding hydrogens is 430 g/mol. The first-order valence-corrected chi connectivity index (χ1v) is 11.3. The van der Waals surface area contributed by atoms with Crippen molar-refractivity contribution in [3.05, 3.63) is 41.1 Å². The average molecular weight is 458 g/mol. The number of ketones is 1. The summed E-state index contributed by atoms with van der Waals surface area (Å²) in [5, 5.41) is 0.416. The van der Waals surface area contributed by atoms with E-state index >= 15 is 0 Å². The van der Waals surface area contributed by atoms with Crippen molar-refractivity contribution in [2.24, 2.45) is 0 Å². The molecule has 0 N–H and O–H groups in total. The average Bonchev–Trinajstić information content (AvgIpc) is 2.67. The summed E-state index contributed by atoms with van der Waals surface area (Å²) in [5.41, 5.74) is 0.412. The molecule has 1 aromatic rings. The monoisotopic (exact) mass is 457 g/mol. The van der Waals surface area contributed by atoms with E-state index in [1.807, 2.05) is 6.92 Å². The van der Waals surface area contributed by atoms with E-state index < -0.39 is 28.2 Å². The van der Waals surface area contributed by atoms with Gasteiger partial charge in [0.25, 0.3) is 0 Å². The number of benzene rings is 1. The highest BCUT2D eigenvalue weighted by Crippen LogP contribution is 2.33. The molecule has 1 aliphatic heterocycles. The predicted octanol–water partition coefficient (Wildman–Crippen LogP) is 2.59. The summed E-state index contributed by atoms with van der Waals surface area (Å²) in [4.78, 5) is 27.8. The maximum Gasteiger partial charge on any atom is 0.409 e. The molecule has 0 aliphatic carbocycles. The van der Waals surface area contributed by atoms with Gasteiger partial charge in [0.1, 0.15) is 6.61 Å². The maximum absolute atomic E-state index is 13.6. The Kier molecular flexibility index (Phi) is 7.90. The number of Topliss-reactive ketones (excluding diaryl/α,β-unsaturated/α-hetero) is 1. The summed E-state index contributed by atoms with van der Waals surface area (Å²) in [6.45, 7) is 1.60. The van der Waals surface area contributed by atoms with Crippen molar-refractivity contribution in [2.75, 3.05) is 34.8 Å². The Morgan fingerprint density at radius 3 is 2.33 bits per heavy atom. The van der Waals surface area contributed by atoms with Gasteiger partial charge < -0.3 is 14.5 Å². The van der Waals surface area contributed by atoms with Gasteiger partial charge in [0.05, 0.1) is 17.0 Å². The number of carbonyl (C=O) groups excluding carboxylic acids is 2. The zero-order chi connectivity index (χ0) is 22.6. The lowest BCUT2D eigenvalue weighted by atomic mass is 9.91. The van der Waals surface area contributed by atoms with Crippen LogP contribution in [0, 0.1) is 0 Å². The topological polar surface area (TPSA) is 87.2 Å². The van der Waals surface area contributed by atoms with Crippen molar-refractivity contribution in [1.29, 1.82) is 0 Å². The SMILES string of the molecule is CCC1C(=CN(C)C)C(=O)CC(COC(=O)N(C)C)N1S(=O)(=O)c1ccc(Cl)cc1. The second-order valence-electron chi connectivity index (χ2n) is 7.51. The Morgan fingerprint density at radius 1 is 1.23 bits per heavy atom. The van der Waals surface area contributed by atoms with Gasteiger partial charge in [-0.3, -0.25) is 4.79 Å². The zero-order valence-corrected chi connectivity index (χ0v) is 19.4. The molecule has 1 fully saturated rings. The molecule has 8 nitrogen and oxygen atoms in total. The number of ether oxygens (including phenoxy) is 1. The number of rotatable bonds is 6. The van der Waals surface area contributed by atoms with E-state index in [2.05, 4.69) is 0 Å². The van der Waals surface area contributed by atoms with E-state index in [4.69, 9.17) is 16.3 Å². The molecule has 0 saturated carbocycles. The normalized spacial score (nSPS) is 21.5. The van der Waals surface area contributed by atoms with Crippen molar-refractivity contribution < 1.29 is 22.7 Å². The quantitative estimate of drug-likeness (QED) is 0.610. The Balaban J connectivity index is 2.53. The maximum atomic E-state index is 13.6. The second kappa shape index (κ2) is 9.80. The molecule has 0 aromatic heterocycles. The number of carbonyl (C=O) groups is 2. The van der Waals surface area contributed by atoms with Crippen LogP contribution in [0.2, 0.25) is 5.02 Å². The summed E-state index contributed by atoms with van der Waals surface area (Å²) < 4.78 is 33.7. The minimum absolute atomic E-state index is 0.0628. The summed E-state index contributed by atoms with van der Waals surface area (Å²) in [6.07, 6.45) is 1.36. The third kappa shape index (κ3) is 5.33. The lowest BCUT2D eigenvalue weighted by molar-refractivity contribution is -0.119. The minimum atomic E-state index is -3.99. The largest absolute Gasteiger partial charge is 0.448 e. The van der Waals surface area contributed by atoms with E-state index in [0.717, 1.165) is 0 Å². The van der Waals surface area contributed by atoms with Gasteiger partial charge in [-0.15, -0.1) is 0 Å². The van der Waals surface area contributed by atoms with Crippen LogP contribution in [-0.4, -0.2) is 81.3 Å². The molecule has 30 heavy (non-hydrogen) atoms. The number of hydrogen-bond donors (Lipinski definition) is 0.